The summed E-state index contributed by atoms with van der Waals surface area (Å²) in [6, 6.07) is 1.28. The number of nitrogens with zero attached hydrogens (tertiary/aromatic N) is 1. The predicted octanol–water partition coefficient (Wildman–Crippen LogP) is 2.37. The Morgan fingerprint density at radius 2 is 1.71 bits per heavy atom. The molecule has 0 saturated heterocycles. The second-order valence-electron chi connectivity index (χ2n) is 5.60. The molecule has 0 aromatic carbocycles. The van der Waals surface area contributed by atoms with Gasteiger partial charge in [0.25, 0.3) is 0 Å². The molecule has 0 aliphatic carbocycles. The molecule has 0 aliphatic heterocycles. The number of likely N-dealkylation sites (N-methyl/N-ethyl adjacent to an activating group) is 1. The molecule has 0 rings (SSSR count). The first-order valence-electron chi connectivity index (χ1n) is 6.71. The molecule has 0 amide bonds. The van der Waals surface area contributed by atoms with Crippen molar-refractivity contribution in [3.05, 3.63) is 0 Å². The fourth-order valence-electron chi connectivity index (χ4n) is 1.18. The van der Waals surface area contributed by atoms with Gasteiger partial charge in [0.05, 0.1) is 0 Å². The normalized spacial score (nSPS) is 11.6. The highest BCUT2D eigenvalue weighted by molar-refractivity contribution is 6.71. The smallest absolute Gasteiger partial charge is 0.186 e. The highest BCUT2D eigenvalue weighted by Crippen LogP contribution is 2.12. The lowest BCUT2D eigenvalue weighted by molar-refractivity contribution is 0.253. The van der Waals surface area contributed by atoms with Gasteiger partial charge in [-0.15, -0.1) is 0 Å². The first kappa shape index (κ1) is 19.6. The third-order valence-corrected chi connectivity index (χ3v) is 6.31. The van der Waals surface area contributed by atoms with Crippen molar-refractivity contribution in [3.8, 4) is 0 Å². The Hall–Kier alpha value is 0.314. The molecule has 0 aromatic heterocycles. The monoisotopic (exact) mass is 278 g/mol. The molecule has 0 saturated carbocycles. The molecule has 0 aliphatic rings. The highest BCUT2D eigenvalue weighted by Gasteiger charge is 2.20. The Morgan fingerprint density at radius 3 is 2.00 bits per heavy atom. The maximum Gasteiger partial charge on any atom is 0.186 e. The lowest BCUT2D eigenvalue weighted by atomic mass is 10.6. The summed E-state index contributed by atoms with van der Waals surface area (Å²) in [6.45, 7) is 13.3. The molecule has 3 nitrogen and oxygen atoms in total. The van der Waals surface area contributed by atoms with Crippen LogP contribution >= 0.6 is 0 Å². The molecule has 17 heavy (non-hydrogen) atoms. The van der Waals surface area contributed by atoms with E-state index in [0.29, 0.717) is 0 Å². The van der Waals surface area contributed by atoms with Crippen LogP contribution in [0.15, 0.2) is 0 Å². The van der Waals surface area contributed by atoms with Gasteiger partial charge in [0.1, 0.15) is 8.96 Å². The van der Waals surface area contributed by atoms with Gasteiger partial charge >= 0.3 is 0 Å². The SMILES string of the molecule is CCC[Si](C)(C)OCCN(C)C.CN[SiH](C)C. The van der Waals surface area contributed by atoms with Crippen molar-refractivity contribution in [2.75, 3.05) is 34.3 Å². The van der Waals surface area contributed by atoms with Crippen molar-refractivity contribution in [1.29, 1.82) is 0 Å². The third-order valence-electron chi connectivity index (χ3n) is 2.46. The molecule has 0 aromatic rings. The molecular formula is C12H34N2OSi2. The third kappa shape index (κ3) is 18.9. The Balaban J connectivity index is 0. The Morgan fingerprint density at radius 1 is 1.24 bits per heavy atom. The quantitative estimate of drug-likeness (QED) is 0.724. The van der Waals surface area contributed by atoms with Gasteiger partial charge in [-0.1, -0.05) is 26.4 Å². The van der Waals surface area contributed by atoms with Crippen LogP contribution in [-0.4, -0.2) is 56.5 Å². The van der Waals surface area contributed by atoms with Crippen LogP contribution < -0.4 is 4.98 Å². The zero-order chi connectivity index (χ0) is 13.9. The highest BCUT2D eigenvalue weighted by atomic mass is 28.4. The zero-order valence-electron chi connectivity index (χ0n) is 13.3. The van der Waals surface area contributed by atoms with E-state index in [2.05, 4.69) is 57.1 Å². The summed E-state index contributed by atoms with van der Waals surface area (Å²) in [5, 5.41) is 0. The minimum absolute atomic E-state index is 0.400. The van der Waals surface area contributed by atoms with Crippen molar-refractivity contribution in [2.45, 2.75) is 45.6 Å². The summed E-state index contributed by atoms with van der Waals surface area (Å²) < 4.78 is 5.88. The average Bonchev–Trinajstić information content (AvgIpc) is 2.17. The number of hydrogen-bond donors (Lipinski definition) is 1. The van der Waals surface area contributed by atoms with E-state index >= 15 is 0 Å². The molecule has 1 N–H and O–H groups in total. The lowest BCUT2D eigenvalue weighted by Crippen LogP contribution is -2.33. The minimum Gasteiger partial charge on any atom is -0.416 e. The van der Waals surface area contributed by atoms with E-state index in [1.807, 2.05) is 7.05 Å². The van der Waals surface area contributed by atoms with E-state index in [0.717, 1.165) is 13.2 Å². The number of rotatable bonds is 7. The fourth-order valence-corrected chi connectivity index (χ4v) is 3.17. The molecule has 0 radical (unpaired) electrons. The van der Waals surface area contributed by atoms with Gasteiger partial charge in [0.2, 0.25) is 0 Å². The Bertz CT molecular complexity index is 165. The van der Waals surface area contributed by atoms with Crippen molar-refractivity contribution >= 4 is 17.3 Å². The summed E-state index contributed by atoms with van der Waals surface area (Å²) >= 11 is 0. The molecule has 5 heteroatoms. The van der Waals surface area contributed by atoms with Crippen LogP contribution in [0.25, 0.3) is 0 Å². The molecule has 0 unspecified atom stereocenters. The van der Waals surface area contributed by atoms with Crippen LogP contribution in [0, 0.1) is 0 Å². The summed E-state index contributed by atoms with van der Waals surface area (Å²) in [5.74, 6) is 0. The van der Waals surface area contributed by atoms with Gasteiger partial charge in [-0.25, -0.2) is 0 Å². The van der Waals surface area contributed by atoms with E-state index in [1.165, 1.54) is 12.5 Å². The van der Waals surface area contributed by atoms with E-state index < -0.39 is 17.3 Å². The Labute approximate surface area is 112 Å². The van der Waals surface area contributed by atoms with Crippen LogP contribution in [0.2, 0.25) is 32.2 Å². The van der Waals surface area contributed by atoms with Crippen molar-refractivity contribution < 1.29 is 4.43 Å². The summed E-state index contributed by atoms with van der Waals surface area (Å²) in [5.41, 5.74) is 0. The lowest BCUT2D eigenvalue weighted by Gasteiger charge is -2.23. The first-order valence-corrected chi connectivity index (χ1v) is 12.7. The van der Waals surface area contributed by atoms with Crippen LogP contribution in [0.4, 0.5) is 0 Å². The van der Waals surface area contributed by atoms with E-state index in [9.17, 15) is 0 Å². The fraction of sp³-hybridized carbons (Fsp3) is 1.00. The van der Waals surface area contributed by atoms with Crippen molar-refractivity contribution in [2.24, 2.45) is 0 Å². The van der Waals surface area contributed by atoms with Gasteiger partial charge in [0.15, 0.2) is 8.32 Å². The van der Waals surface area contributed by atoms with Gasteiger partial charge in [-0.05, 0) is 40.3 Å². The summed E-state index contributed by atoms with van der Waals surface area (Å²) in [7, 11) is 4.48. The molecule has 106 valence electrons. The average molecular weight is 279 g/mol. The predicted molar refractivity (Wildman–Crippen MR) is 85.0 cm³/mol. The molecule has 0 fully saturated rings. The second-order valence-corrected chi connectivity index (χ2v) is 12.8. The van der Waals surface area contributed by atoms with E-state index in [1.54, 1.807) is 0 Å². The Kier molecular flexibility index (Phi) is 13.2. The van der Waals surface area contributed by atoms with Gasteiger partial charge < -0.3 is 14.3 Å². The molecule has 0 atom stereocenters. The standard InChI is InChI=1S/C9H23NOSi.C3H11NSi/c1-6-9-12(4,5)11-8-7-10(2)3;1-4-5(2)3/h6-9H2,1-5H3;4-5H,1-3H3. The van der Waals surface area contributed by atoms with E-state index in [-0.39, 0.29) is 0 Å². The molecule has 0 spiro atoms. The van der Waals surface area contributed by atoms with Crippen LogP contribution in [0.3, 0.4) is 0 Å². The van der Waals surface area contributed by atoms with Crippen molar-refractivity contribution in [3.63, 3.8) is 0 Å². The first-order chi connectivity index (χ1) is 7.75. The largest absolute Gasteiger partial charge is 0.416 e. The van der Waals surface area contributed by atoms with Crippen LogP contribution in [0.1, 0.15) is 13.3 Å². The van der Waals surface area contributed by atoms with Gasteiger partial charge in [0, 0.05) is 13.2 Å². The zero-order valence-corrected chi connectivity index (χ0v) is 15.4. The second kappa shape index (κ2) is 11.4. The number of hydrogen-bond acceptors (Lipinski definition) is 3. The summed E-state index contributed by atoms with van der Waals surface area (Å²) in [6.07, 6.45) is 1.25. The summed E-state index contributed by atoms with van der Waals surface area (Å²) in [4.78, 5) is 5.33. The van der Waals surface area contributed by atoms with Crippen LogP contribution in [-0.2, 0) is 4.43 Å². The minimum atomic E-state index is -1.30. The van der Waals surface area contributed by atoms with Crippen LogP contribution in [0.5, 0.6) is 0 Å². The topological polar surface area (TPSA) is 24.5 Å². The molecule has 0 heterocycles. The van der Waals surface area contributed by atoms with Gasteiger partial charge in [-0.3, -0.25) is 0 Å². The number of nitrogens with one attached hydrogen (secondary N) is 1. The maximum absolute atomic E-state index is 5.88. The molecule has 0 bridgehead atoms. The molecular weight excluding hydrogens is 244 g/mol. The van der Waals surface area contributed by atoms with Crippen molar-refractivity contribution in [1.82, 2.24) is 9.88 Å². The van der Waals surface area contributed by atoms with E-state index in [4.69, 9.17) is 4.43 Å². The van der Waals surface area contributed by atoms with Gasteiger partial charge in [-0.2, -0.15) is 0 Å². The maximum atomic E-state index is 5.88.